The highest BCUT2D eigenvalue weighted by Gasteiger charge is 2.16. The first-order valence-corrected chi connectivity index (χ1v) is 7.50. The molecular formula is C15H13ClO3S. The van der Waals surface area contributed by atoms with E-state index in [1.54, 1.807) is 12.3 Å². The molecule has 0 unspecified atom stereocenters. The third-order valence-electron chi connectivity index (χ3n) is 2.73. The average molecular weight is 309 g/mol. The molecule has 0 radical (unpaired) electrons. The van der Waals surface area contributed by atoms with Gasteiger partial charge in [-0.1, -0.05) is 41.9 Å². The lowest BCUT2D eigenvalue weighted by molar-refractivity contribution is 0.0693. The first-order chi connectivity index (χ1) is 9.63. The molecule has 0 spiro atoms. The van der Waals surface area contributed by atoms with E-state index in [2.05, 4.69) is 0 Å². The van der Waals surface area contributed by atoms with Crippen molar-refractivity contribution in [1.82, 2.24) is 0 Å². The fourth-order valence-electron chi connectivity index (χ4n) is 1.75. The smallest absolute Gasteiger partial charge is 0.336 e. The molecule has 0 aliphatic carbocycles. The molecule has 0 aliphatic heterocycles. The number of hydrogen-bond donors (Lipinski definition) is 1. The van der Waals surface area contributed by atoms with Gasteiger partial charge in [0.2, 0.25) is 0 Å². The first-order valence-electron chi connectivity index (χ1n) is 5.90. The Morgan fingerprint density at radius 2 is 1.95 bits per heavy atom. The van der Waals surface area contributed by atoms with Crippen molar-refractivity contribution >= 4 is 29.3 Å². The van der Waals surface area contributed by atoms with Crippen LogP contribution in [0.3, 0.4) is 0 Å². The number of thioether (sulfide) groups is 1. The van der Waals surface area contributed by atoms with Crippen molar-refractivity contribution in [2.24, 2.45) is 0 Å². The largest absolute Gasteiger partial charge is 0.487 e. The maximum Gasteiger partial charge on any atom is 0.336 e. The van der Waals surface area contributed by atoms with Crippen LogP contribution in [0, 0.1) is 0 Å². The highest BCUT2D eigenvalue weighted by Crippen LogP contribution is 2.37. The number of carboxylic acids is 1. The van der Waals surface area contributed by atoms with Crippen molar-refractivity contribution in [3.63, 3.8) is 0 Å². The predicted octanol–water partition coefficient (Wildman–Crippen LogP) is 4.34. The van der Waals surface area contributed by atoms with E-state index >= 15 is 0 Å². The predicted molar refractivity (Wildman–Crippen MR) is 81.0 cm³/mol. The number of benzene rings is 2. The molecule has 5 heteroatoms. The van der Waals surface area contributed by atoms with Gasteiger partial charge < -0.3 is 9.84 Å². The SMILES string of the molecule is CSc1c(C(=O)O)ccc(OCc2ccccc2)c1Cl. The maximum absolute atomic E-state index is 11.1. The van der Waals surface area contributed by atoms with Gasteiger partial charge in [-0.25, -0.2) is 4.79 Å². The van der Waals surface area contributed by atoms with Gasteiger partial charge >= 0.3 is 5.97 Å². The van der Waals surface area contributed by atoms with Crippen LogP contribution in [0.5, 0.6) is 5.75 Å². The van der Waals surface area contributed by atoms with Gasteiger partial charge in [0.05, 0.1) is 10.6 Å². The Balaban J connectivity index is 2.23. The fourth-order valence-corrected chi connectivity index (χ4v) is 2.86. The lowest BCUT2D eigenvalue weighted by Gasteiger charge is -2.12. The molecule has 20 heavy (non-hydrogen) atoms. The Morgan fingerprint density at radius 1 is 1.25 bits per heavy atom. The second kappa shape index (κ2) is 6.68. The van der Waals surface area contributed by atoms with Gasteiger partial charge in [-0.15, -0.1) is 11.8 Å². The van der Waals surface area contributed by atoms with Gasteiger partial charge in [0.25, 0.3) is 0 Å². The van der Waals surface area contributed by atoms with E-state index in [1.165, 1.54) is 17.8 Å². The summed E-state index contributed by atoms with van der Waals surface area (Å²) in [5.74, 6) is -0.504. The normalized spacial score (nSPS) is 10.3. The summed E-state index contributed by atoms with van der Waals surface area (Å²) in [6.07, 6.45) is 1.79. The summed E-state index contributed by atoms with van der Waals surface area (Å²) in [5, 5.41) is 9.45. The monoisotopic (exact) mass is 308 g/mol. The Bertz CT molecular complexity index is 614. The highest BCUT2D eigenvalue weighted by molar-refractivity contribution is 7.98. The maximum atomic E-state index is 11.1. The van der Waals surface area contributed by atoms with Crippen LogP contribution < -0.4 is 4.74 Å². The summed E-state index contributed by atoms with van der Waals surface area (Å²) in [5.41, 5.74) is 1.21. The Hall–Kier alpha value is -1.65. The van der Waals surface area contributed by atoms with Crippen LogP contribution in [-0.2, 0) is 6.61 Å². The van der Waals surface area contributed by atoms with Crippen LogP contribution in [0.15, 0.2) is 47.4 Å². The third-order valence-corrected chi connectivity index (χ3v) is 4.05. The quantitative estimate of drug-likeness (QED) is 0.835. The van der Waals surface area contributed by atoms with Crippen LogP contribution >= 0.6 is 23.4 Å². The Labute approximate surface area is 126 Å². The fraction of sp³-hybridized carbons (Fsp3) is 0.133. The highest BCUT2D eigenvalue weighted by atomic mass is 35.5. The molecule has 0 aliphatic rings. The topological polar surface area (TPSA) is 46.5 Å². The van der Waals surface area contributed by atoms with E-state index < -0.39 is 5.97 Å². The van der Waals surface area contributed by atoms with Crippen molar-refractivity contribution in [2.45, 2.75) is 11.5 Å². The van der Waals surface area contributed by atoms with Crippen molar-refractivity contribution in [2.75, 3.05) is 6.26 Å². The number of carboxylic acid groups (broad SMARTS) is 1. The molecule has 0 amide bonds. The van der Waals surface area contributed by atoms with E-state index in [9.17, 15) is 4.79 Å². The number of aromatic carboxylic acids is 1. The molecule has 2 rings (SSSR count). The number of rotatable bonds is 5. The Morgan fingerprint density at radius 3 is 2.55 bits per heavy atom. The standard InChI is InChI=1S/C15H13ClO3S/c1-20-14-11(15(17)18)7-8-12(13(14)16)19-9-10-5-3-2-4-6-10/h2-8H,9H2,1H3,(H,17,18). The molecule has 2 aromatic carbocycles. The summed E-state index contributed by atoms with van der Waals surface area (Å²) >= 11 is 7.51. The Kier molecular flexibility index (Phi) is 4.93. The molecule has 0 atom stereocenters. The second-order valence-corrected chi connectivity index (χ2v) is 5.23. The van der Waals surface area contributed by atoms with E-state index in [0.717, 1.165) is 5.56 Å². The lowest BCUT2D eigenvalue weighted by Crippen LogP contribution is -2.02. The van der Waals surface area contributed by atoms with Gasteiger partial charge in [-0.3, -0.25) is 0 Å². The number of hydrogen-bond acceptors (Lipinski definition) is 3. The van der Waals surface area contributed by atoms with Crippen molar-refractivity contribution < 1.29 is 14.6 Å². The third kappa shape index (κ3) is 3.26. The van der Waals surface area contributed by atoms with Gasteiger partial charge in [0.15, 0.2) is 0 Å². The van der Waals surface area contributed by atoms with Crippen LogP contribution in [0.25, 0.3) is 0 Å². The van der Waals surface area contributed by atoms with E-state index in [1.807, 2.05) is 30.3 Å². The molecule has 3 nitrogen and oxygen atoms in total. The van der Waals surface area contributed by atoms with Gasteiger partial charge in [-0.2, -0.15) is 0 Å². The zero-order valence-electron chi connectivity index (χ0n) is 10.8. The minimum absolute atomic E-state index is 0.189. The molecule has 0 saturated carbocycles. The molecule has 1 N–H and O–H groups in total. The molecule has 0 heterocycles. The van der Waals surface area contributed by atoms with Crippen molar-refractivity contribution in [3.05, 3.63) is 58.6 Å². The van der Waals surface area contributed by atoms with E-state index in [4.69, 9.17) is 21.4 Å². The number of halogens is 1. The van der Waals surface area contributed by atoms with Crippen molar-refractivity contribution in [3.8, 4) is 5.75 Å². The molecular weight excluding hydrogens is 296 g/mol. The molecule has 0 saturated heterocycles. The molecule has 0 aromatic heterocycles. The van der Waals surface area contributed by atoms with Crippen LogP contribution in [0.1, 0.15) is 15.9 Å². The minimum Gasteiger partial charge on any atom is -0.487 e. The summed E-state index contributed by atoms with van der Waals surface area (Å²) < 4.78 is 5.66. The minimum atomic E-state index is -0.995. The van der Waals surface area contributed by atoms with Gasteiger partial charge in [-0.05, 0) is 24.0 Å². The second-order valence-electron chi connectivity index (χ2n) is 4.04. The van der Waals surface area contributed by atoms with Crippen LogP contribution in [0.4, 0.5) is 0 Å². The van der Waals surface area contributed by atoms with E-state index in [-0.39, 0.29) is 5.56 Å². The van der Waals surface area contributed by atoms with Crippen LogP contribution in [0.2, 0.25) is 5.02 Å². The summed E-state index contributed by atoms with van der Waals surface area (Å²) in [7, 11) is 0. The molecule has 2 aromatic rings. The zero-order chi connectivity index (χ0) is 14.5. The summed E-state index contributed by atoms with van der Waals surface area (Å²) in [6.45, 7) is 0.390. The number of ether oxygens (including phenoxy) is 1. The van der Waals surface area contributed by atoms with Gasteiger partial charge in [0, 0.05) is 4.90 Å². The van der Waals surface area contributed by atoms with Crippen molar-refractivity contribution in [1.29, 1.82) is 0 Å². The van der Waals surface area contributed by atoms with E-state index in [0.29, 0.717) is 22.3 Å². The van der Waals surface area contributed by atoms with Gasteiger partial charge in [0.1, 0.15) is 12.4 Å². The molecule has 104 valence electrons. The first kappa shape index (κ1) is 14.8. The summed E-state index contributed by atoms with van der Waals surface area (Å²) in [6, 6.07) is 12.8. The lowest BCUT2D eigenvalue weighted by atomic mass is 10.2. The molecule has 0 fully saturated rings. The van der Waals surface area contributed by atoms with Crippen LogP contribution in [-0.4, -0.2) is 17.3 Å². The zero-order valence-corrected chi connectivity index (χ0v) is 12.4. The average Bonchev–Trinajstić information content (AvgIpc) is 2.46. The number of carbonyl (C=O) groups is 1. The summed E-state index contributed by atoms with van der Waals surface area (Å²) in [4.78, 5) is 11.6. The molecule has 0 bridgehead atoms.